The molecule has 1 atom stereocenters. The van der Waals surface area contributed by atoms with Crippen LogP contribution in [0.2, 0.25) is 5.02 Å². The average molecular weight is 510 g/mol. The molecule has 2 aromatic carbocycles. The van der Waals surface area contributed by atoms with Gasteiger partial charge < -0.3 is 25.0 Å². The molecule has 3 N–H and O–H groups in total. The number of aromatic hydroxyl groups is 1. The van der Waals surface area contributed by atoms with E-state index in [2.05, 4.69) is 5.32 Å². The molecule has 6 nitrogen and oxygen atoms in total. The van der Waals surface area contributed by atoms with E-state index in [1.807, 2.05) is 32.0 Å². The summed E-state index contributed by atoms with van der Waals surface area (Å²) in [4.78, 5) is 14.0. The number of hydrogen-bond donors (Lipinski definition) is 3. The van der Waals surface area contributed by atoms with Crippen LogP contribution in [0.4, 0.5) is 4.79 Å². The molecule has 0 bridgehead atoms. The zero-order valence-electron chi connectivity index (χ0n) is 20.6. The molecule has 0 saturated heterocycles. The molecule has 0 aliphatic rings. The van der Waals surface area contributed by atoms with E-state index in [4.69, 9.17) is 21.1 Å². The van der Waals surface area contributed by atoms with Crippen LogP contribution in [-0.2, 0) is 11.2 Å². The number of aryl methyl sites for hydroxylation is 1. The van der Waals surface area contributed by atoms with Gasteiger partial charge >= 0.3 is 6.09 Å². The third kappa shape index (κ3) is 8.60. The predicted octanol–water partition coefficient (Wildman–Crippen LogP) is 6.58. The van der Waals surface area contributed by atoms with Gasteiger partial charge in [-0.25, -0.2) is 4.79 Å². The van der Waals surface area contributed by atoms with Gasteiger partial charge in [0.1, 0.15) is 17.1 Å². The van der Waals surface area contributed by atoms with Crippen molar-refractivity contribution in [2.24, 2.45) is 0 Å². The molecule has 1 amide bonds. The van der Waals surface area contributed by atoms with Crippen LogP contribution >= 0.6 is 23.4 Å². The molecule has 2 aromatic rings. The zero-order chi connectivity index (χ0) is 25.4. The second-order valence-corrected chi connectivity index (χ2v) is 10.8. The molecule has 0 heterocycles. The quantitative estimate of drug-likeness (QED) is 0.317. The van der Waals surface area contributed by atoms with Crippen LogP contribution < -0.4 is 10.1 Å². The first kappa shape index (κ1) is 28.1. The van der Waals surface area contributed by atoms with Crippen LogP contribution in [0, 0.1) is 0 Å². The van der Waals surface area contributed by atoms with E-state index in [1.165, 1.54) is 11.8 Å². The van der Waals surface area contributed by atoms with E-state index in [1.54, 1.807) is 39.0 Å². The highest BCUT2D eigenvalue weighted by atomic mass is 35.5. The fraction of sp³-hybridized carbons (Fsp3) is 0.500. The Labute approximate surface area is 212 Å². The number of benzene rings is 2. The van der Waals surface area contributed by atoms with E-state index in [-0.39, 0.29) is 12.4 Å². The van der Waals surface area contributed by atoms with E-state index >= 15 is 0 Å². The van der Waals surface area contributed by atoms with Gasteiger partial charge in [0.25, 0.3) is 0 Å². The Morgan fingerprint density at radius 1 is 1.12 bits per heavy atom. The number of phenols is 1. The average Bonchev–Trinajstić information content (AvgIpc) is 2.74. The summed E-state index contributed by atoms with van der Waals surface area (Å²) in [6.45, 7) is 9.69. The number of carbonyl (C=O) groups excluding carboxylic acids is 1. The lowest BCUT2D eigenvalue weighted by atomic mass is 9.87. The number of halogens is 1. The number of aliphatic hydroxyl groups is 1. The van der Waals surface area contributed by atoms with Crippen LogP contribution in [0.1, 0.15) is 59.4 Å². The molecule has 0 aromatic heterocycles. The fourth-order valence-electron chi connectivity index (χ4n) is 3.57. The van der Waals surface area contributed by atoms with Gasteiger partial charge in [0, 0.05) is 9.92 Å². The van der Waals surface area contributed by atoms with Gasteiger partial charge in [-0.15, -0.1) is 0 Å². The van der Waals surface area contributed by atoms with Crippen molar-refractivity contribution < 1.29 is 24.5 Å². The monoisotopic (exact) mass is 509 g/mol. The Kier molecular flexibility index (Phi) is 10.4. The third-order valence-electron chi connectivity index (χ3n) is 5.16. The van der Waals surface area contributed by atoms with Crippen LogP contribution in [0.15, 0.2) is 46.2 Å². The van der Waals surface area contributed by atoms with Crippen molar-refractivity contribution in [2.45, 2.75) is 81.2 Å². The molecule has 0 aliphatic carbocycles. The minimum Gasteiger partial charge on any atom is -0.507 e. The van der Waals surface area contributed by atoms with Gasteiger partial charge in [0.15, 0.2) is 0 Å². The lowest BCUT2D eigenvalue weighted by Crippen LogP contribution is -2.53. The van der Waals surface area contributed by atoms with Gasteiger partial charge in [-0.3, -0.25) is 0 Å². The number of amides is 1. The van der Waals surface area contributed by atoms with Gasteiger partial charge in [-0.05, 0) is 82.9 Å². The first-order valence-electron chi connectivity index (χ1n) is 11.5. The smallest absolute Gasteiger partial charge is 0.408 e. The standard InChI is InChI=1S/C26H36ClNO5S/c1-6-13-26(17-29,28-24(31)33-25(3,4)5)14-12-18-8-10-20(16-21(18)27)34-23-15-19(32-7-2)9-11-22(23)30/h8-11,15-16,29-30H,6-7,12-14,17H2,1-5H3,(H,28,31). The van der Waals surface area contributed by atoms with Crippen molar-refractivity contribution in [1.82, 2.24) is 5.32 Å². The van der Waals surface area contributed by atoms with Crippen molar-refractivity contribution in [3.05, 3.63) is 47.0 Å². The number of alkyl carbamates (subject to hydrolysis) is 1. The molecule has 188 valence electrons. The molecule has 0 saturated carbocycles. The van der Waals surface area contributed by atoms with Gasteiger partial charge in [0.05, 0.1) is 23.6 Å². The van der Waals surface area contributed by atoms with Gasteiger partial charge in [-0.1, -0.05) is 42.8 Å². The Morgan fingerprint density at radius 3 is 2.44 bits per heavy atom. The normalized spacial score (nSPS) is 13.3. The topological polar surface area (TPSA) is 88.0 Å². The van der Waals surface area contributed by atoms with Crippen LogP contribution in [0.25, 0.3) is 0 Å². The fourth-order valence-corrected chi connectivity index (χ4v) is 4.83. The Balaban J connectivity index is 2.13. The third-order valence-corrected chi connectivity index (χ3v) is 6.55. The largest absolute Gasteiger partial charge is 0.507 e. The Morgan fingerprint density at radius 2 is 1.85 bits per heavy atom. The summed E-state index contributed by atoms with van der Waals surface area (Å²) in [6, 6.07) is 10.9. The zero-order valence-corrected chi connectivity index (χ0v) is 22.2. The SMILES string of the molecule is CCCC(CO)(CCc1ccc(Sc2cc(OCC)ccc2O)cc1Cl)NC(=O)OC(C)(C)C. The highest BCUT2D eigenvalue weighted by Crippen LogP contribution is 2.38. The number of carbonyl (C=O) groups is 1. The van der Waals surface area contributed by atoms with E-state index in [9.17, 15) is 15.0 Å². The number of nitrogens with one attached hydrogen (secondary N) is 1. The van der Waals surface area contributed by atoms with Gasteiger partial charge in [-0.2, -0.15) is 0 Å². The summed E-state index contributed by atoms with van der Waals surface area (Å²) in [5, 5.41) is 23.8. The summed E-state index contributed by atoms with van der Waals surface area (Å²) < 4.78 is 10.9. The minimum absolute atomic E-state index is 0.175. The first-order valence-corrected chi connectivity index (χ1v) is 12.7. The van der Waals surface area contributed by atoms with E-state index < -0.39 is 17.2 Å². The van der Waals surface area contributed by atoms with Crippen molar-refractivity contribution >= 4 is 29.5 Å². The summed E-state index contributed by atoms with van der Waals surface area (Å²) >= 11 is 7.98. The maximum absolute atomic E-state index is 12.4. The first-order chi connectivity index (χ1) is 16.0. The Bertz CT molecular complexity index is 963. The molecule has 34 heavy (non-hydrogen) atoms. The second kappa shape index (κ2) is 12.6. The van der Waals surface area contributed by atoms with E-state index in [0.717, 1.165) is 16.9 Å². The van der Waals surface area contributed by atoms with Gasteiger partial charge in [0.2, 0.25) is 0 Å². The van der Waals surface area contributed by atoms with Crippen molar-refractivity contribution in [3.8, 4) is 11.5 Å². The lowest BCUT2D eigenvalue weighted by Gasteiger charge is -2.34. The molecular weight excluding hydrogens is 474 g/mol. The maximum atomic E-state index is 12.4. The maximum Gasteiger partial charge on any atom is 0.408 e. The molecule has 0 fully saturated rings. The van der Waals surface area contributed by atoms with Crippen molar-refractivity contribution in [3.63, 3.8) is 0 Å². The predicted molar refractivity (Wildman–Crippen MR) is 137 cm³/mol. The number of phenolic OH excluding ortho intramolecular Hbond substituents is 1. The molecular formula is C26H36ClNO5S. The molecule has 8 heteroatoms. The molecule has 2 rings (SSSR count). The van der Waals surface area contributed by atoms with E-state index in [0.29, 0.717) is 41.5 Å². The number of rotatable bonds is 11. The Hall–Kier alpha value is -2.09. The van der Waals surface area contributed by atoms with Crippen LogP contribution in [0.3, 0.4) is 0 Å². The second-order valence-electron chi connectivity index (χ2n) is 9.23. The lowest BCUT2D eigenvalue weighted by molar-refractivity contribution is 0.0373. The van der Waals surface area contributed by atoms with Crippen molar-refractivity contribution in [2.75, 3.05) is 13.2 Å². The molecule has 0 radical (unpaired) electrons. The van der Waals surface area contributed by atoms with Crippen LogP contribution in [0.5, 0.6) is 11.5 Å². The molecule has 0 spiro atoms. The minimum atomic E-state index is -0.792. The summed E-state index contributed by atoms with van der Waals surface area (Å²) in [5.41, 5.74) is -0.497. The van der Waals surface area contributed by atoms with Crippen LogP contribution in [-0.4, -0.2) is 40.7 Å². The number of aliphatic hydroxyl groups excluding tert-OH is 1. The highest BCUT2D eigenvalue weighted by Gasteiger charge is 2.32. The summed E-state index contributed by atoms with van der Waals surface area (Å²) in [6.07, 6.45) is 1.96. The summed E-state index contributed by atoms with van der Waals surface area (Å²) in [7, 11) is 0. The number of ether oxygens (including phenoxy) is 2. The van der Waals surface area contributed by atoms with Crippen molar-refractivity contribution in [1.29, 1.82) is 0 Å². The molecule has 1 unspecified atom stereocenters. The summed E-state index contributed by atoms with van der Waals surface area (Å²) in [5.74, 6) is 0.869. The highest BCUT2D eigenvalue weighted by molar-refractivity contribution is 7.99. The molecule has 0 aliphatic heterocycles. The number of hydrogen-bond acceptors (Lipinski definition) is 6.